The lowest BCUT2D eigenvalue weighted by Crippen LogP contribution is -2.33. The first kappa shape index (κ1) is 20.4. The van der Waals surface area contributed by atoms with Crippen LogP contribution in [-0.4, -0.2) is 45.6 Å². The van der Waals surface area contributed by atoms with Gasteiger partial charge in [0.2, 0.25) is 0 Å². The fourth-order valence-electron chi connectivity index (χ4n) is 2.64. The van der Waals surface area contributed by atoms with Crippen LogP contribution >= 0.6 is 11.3 Å². The molecule has 0 spiro atoms. The summed E-state index contributed by atoms with van der Waals surface area (Å²) in [7, 11) is 3.30. The van der Waals surface area contributed by atoms with Crippen LogP contribution in [0.1, 0.15) is 28.3 Å². The van der Waals surface area contributed by atoms with Gasteiger partial charge in [-0.1, -0.05) is 41.7 Å². The number of nitrogens with zero attached hydrogens (tertiary/aromatic N) is 4. The number of amides is 2. The summed E-state index contributed by atoms with van der Waals surface area (Å²) < 4.78 is 1.14. The van der Waals surface area contributed by atoms with E-state index in [4.69, 9.17) is 0 Å². The van der Waals surface area contributed by atoms with Crippen LogP contribution in [0.2, 0.25) is 0 Å². The van der Waals surface area contributed by atoms with Crippen LogP contribution in [0, 0.1) is 6.92 Å². The summed E-state index contributed by atoms with van der Waals surface area (Å²) in [5, 5.41) is 7.33. The zero-order valence-corrected chi connectivity index (χ0v) is 17.4. The van der Waals surface area contributed by atoms with E-state index in [1.165, 1.54) is 11.0 Å². The number of nitrogens with one attached hydrogen (secondary N) is 1. The molecule has 2 aromatic heterocycles. The molecule has 1 aromatic carbocycles. The number of thiazole rings is 1. The Morgan fingerprint density at radius 2 is 1.83 bits per heavy atom. The van der Waals surface area contributed by atoms with Crippen molar-refractivity contribution in [1.82, 2.24) is 19.7 Å². The average molecular weight is 411 g/mol. The number of aromatic nitrogens is 3. The Balaban J connectivity index is 1.83. The lowest BCUT2D eigenvalue weighted by molar-refractivity contribution is -0.119. The third-order valence-electron chi connectivity index (χ3n) is 4.27. The summed E-state index contributed by atoms with van der Waals surface area (Å²) >= 11 is 1.10. The second-order valence-electron chi connectivity index (χ2n) is 6.67. The Hall–Kier alpha value is -3.33. The molecule has 8 nitrogen and oxygen atoms in total. The molecule has 29 heavy (non-hydrogen) atoms. The van der Waals surface area contributed by atoms with Crippen LogP contribution in [0.15, 0.2) is 47.3 Å². The molecule has 1 atom stereocenters. The topological polar surface area (TPSA) is 97.2 Å². The van der Waals surface area contributed by atoms with Gasteiger partial charge in [-0.3, -0.25) is 14.4 Å². The van der Waals surface area contributed by atoms with Crippen molar-refractivity contribution >= 4 is 28.3 Å². The van der Waals surface area contributed by atoms with Crippen molar-refractivity contribution in [2.45, 2.75) is 19.9 Å². The van der Waals surface area contributed by atoms with Crippen LogP contribution in [-0.2, 0) is 4.79 Å². The summed E-state index contributed by atoms with van der Waals surface area (Å²) in [6.45, 7) is 3.30. The summed E-state index contributed by atoms with van der Waals surface area (Å²) in [4.78, 5) is 43.3. The van der Waals surface area contributed by atoms with E-state index >= 15 is 0 Å². The maximum absolute atomic E-state index is 12.7. The van der Waals surface area contributed by atoms with Crippen molar-refractivity contribution in [1.29, 1.82) is 0 Å². The highest BCUT2D eigenvalue weighted by atomic mass is 32.1. The minimum atomic E-state index is -0.858. The van der Waals surface area contributed by atoms with Gasteiger partial charge in [0, 0.05) is 25.7 Å². The van der Waals surface area contributed by atoms with E-state index in [0.717, 1.165) is 21.6 Å². The smallest absolute Gasteiger partial charge is 0.267 e. The van der Waals surface area contributed by atoms with Gasteiger partial charge in [-0.15, -0.1) is 0 Å². The Labute approximate surface area is 171 Å². The first-order valence-electron chi connectivity index (χ1n) is 8.93. The molecule has 0 aliphatic rings. The molecule has 0 bridgehead atoms. The predicted molar refractivity (Wildman–Crippen MR) is 112 cm³/mol. The standard InChI is InChI=1S/C20H21N5O3S/c1-12-17(19(28)24(3)4)29-20(21-12)22-18(27)13(2)25-16(26)11-10-15(23-25)14-8-6-5-7-9-14/h5-11,13H,1-4H3,(H,21,22,27). The van der Waals surface area contributed by atoms with Crippen LogP contribution in [0.5, 0.6) is 0 Å². The van der Waals surface area contributed by atoms with Crippen LogP contribution in [0.25, 0.3) is 11.3 Å². The molecule has 3 aromatic rings. The Kier molecular flexibility index (Phi) is 5.88. The molecule has 0 aliphatic heterocycles. The van der Waals surface area contributed by atoms with Crippen LogP contribution < -0.4 is 10.9 Å². The summed E-state index contributed by atoms with van der Waals surface area (Å²) in [5.41, 5.74) is 1.59. The minimum absolute atomic E-state index is 0.179. The summed E-state index contributed by atoms with van der Waals surface area (Å²) in [5.74, 6) is -0.621. The van der Waals surface area contributed by atoms with E-state index in [9.17, 15) is 14.4 Å². The van der Waals surface area contributed by atoms with Gasteiger partial charge in [0.05, 0.1) is 11.4 Å². The van der Waals surface area contributed by atoms with Crippen molar-refractivity contribution in [3.63, 3.8) is 0 Å². The van der Waals surface area contributed by atoms with Gasteiger partial charge in [0.25, 0.3) is 17.4 Å². The largest absolute Gasteiger partial charge is 0.344 e. The monoisotopic (exact) mass is 411 g/mol. The molecule has 1 N–H and O–H groups in total. The molecular weight excluding hydrogens is 390 g/mol. The normalized spacial score (nSPS) is 11.7. The highest BCUT2D eigenvalue weighted by molar-refractivity contribution is 7.17. The van der Waals surface area contributed by atoms with Gasteiger partial charge < -0.3 is 10.2 Å². The Morgan fingerprint density at radius 3 is 2.48 bits per heavy atom. The third-order valence-corrected chi connectivity index (χ3v) is 5.33. The fraction of sp³-hybridized carbons (Fsp3) is 0.250. The van der Waals surface area contributed by atoms with Gasteiger partial charge in [0.15, 0.2) is 5.13 Å². The summed E-state index contributed by atoms with van der Waals surface area (Å²) in [6, 6.07) is 11.6. The molecule has 0 saturated heterocycles. The van der Waals surface area contributed by atoms with Crippen molar-refractivity contribution in [2.24, 2.45) is 0 Å². The maximum atomic E-state index is 12.7. The molecule has 0 saturated carbocycles. The van der Waals surface area contributed by atoms with Gasteiger partial charge in [-0.25, -0.2) is 9.67 Å². The Morgan fingerprint density at radius 1 is 1.14 bits per heavy atom. The van der Waals surface area contributed by atoms with Gasteiger partial charge in [-0.05, 0) is 19.9 Å². The first-order valence-corrected chi connectivity index (χ1v) is 9.75. The summed E-state index contributed by atoms with van der Waals surface area (Å²) in [6.07, 6.45) is 0. The second kappa shape index (κ2) is 8.36. The van der Waals surface area contributed by atoms with E-state index in [2.05, 4.69) is 15.4 Å². The number of aryl methyl sites for hydroxylation is 1. The number of hydrogen-bond acceptors (Lipinski definition) is 6. The molecule has 0 fully saturated rings. The zero-order valence-electron chi connectivity index (χ0n) is 16.5. The van der Waals surface area contributed by atoms with E-state index in [1.807, 2.05) is 30.3 Å². The van der Waals surface area contributed by atoms with E-state index < -0.39 is 11.9 Å². The van der Waals surface area contributed by atoms with E-state index in [1.54, 1.807) is 34.0 Å². The van der Waals surface area contributed by atoms with E-state index in [0.29, 0.717) is 21.4 Å². The first-order chi connectivity index (χ1) is 13.8. The quantitative estimate of drug-likeness (QED) is 0.696. The van der Waals surface area contributed by atoms with E-state index in [-0.39, 0.29) is 11.5 Å². The minimum Gasteiger partial charge on any atom is -0.344 e. The van der Waals surface area contributed by atoms with Gasteiger partial charge >= 0.3 is 0 Å². The number of carbonyl (C=O) groups is 2. The molecule has 0 radical (unpaired) electrons. The lowest BCUT2D eigenvalue weighted by atomic mass is 10.1. The van der Waals surface area contributed by atoms with Crippen molar-refractivity contribution in [3.05, 3.63) is 63.4 Å². The SMILES string of the molecule is Cc1nc(NC(=O)C(C)n2nc(-c3ccccc3)ccc2=O)sc1C(=O)N(C)C. The number of rotatable bonds is 5. The third kappa shape index (κ3) is 4.40. The molecule has 1 unspecified atom stereocenters. The number of carbonyl (C=O) groups excluding carboxylic acids is 2. The fourth-order valence-corrected chi connectivity index (χ4v) is 3.63. The highest BCUT2D eigenvalue weighted by Gasteiger charge is 2.22. The molecule has 3 rings (SSSR count). The zero-order chi connectivity index (χ0) is 21.1. The molecule has 150 valence electrons. The van der Waals surface area contributed by atoms with Crippen LogP contribution in [0.4, 0.5) is 5.13 Å². The van der Waals surface area contributed by atoms with Gasteiger partial charge in [0.1, 0.15) is 10.9 Å². The molecule has 9 heteroatoms. The number of benzene rings is 1. The molecule has 2 heterocycles. The average Bonchev–Trinajstić information content (AvgIpc) is 3.07. The Bertz CT molecular complexity index is 1100. The van der Waals surface area contributed by atoms with Crippen molar-refractivity contribution < 1.29 is 9.59 Å². The number of hydrogen-bond donors (Lipinski definition) is 1. The molecule has 0 aliphatic carbocycles. The van der Waals surface area contributed by atoms with Crippen molar-refractivity contribution in [2.75, 3.05) is 19.4 Å². The van der Waals surface area contributed by atoms with Crippen LogP contribution in [0.3, 0.4) is 0 Å². The maximum Gasteiger partial charge on any atom is 0.267 e. The van der Waals surface area contributed by atoms with Crippen molar-refractivity contribution in [3.8, 4) is 11.3 Å². The second-order valence-corrected chi connectivity index (χ2v) is 7.66. The molecular formula is C20H21N5O3S. The molecule has 2 amide bonds. The predicted octanol–water partition coefficient (Wildman–Crippen LogP) is 2.58. The number of anilines is 1. The lowest BCUT2D eigenvalue weighted by Gasteiger charge is -2.14. The van der Waals surface area contributed by atoms with Gasteiger partial charge in [-0.2, -0.15) is 5.10 Å². The highest BCUT2D eigenvalue weighted by Crippen LogP contribution is 2.24.